The van der Waals surface area contributed by atoms with Crippen LogP contribution in [0.5, 0.6) is 5.75 Å². The number of methoxy groups -OCH3 is 1. The van der Waals surface area contributed by atoms with Crippen LogP contribution in [0.15, 0.2) is 23.6 Å². The van der Waals surface area contributed by atoms with Crippen LogP contribution >= 0.6 is 22.9 Å². The molecule has 0 aliphatic rings. The highest BCUT2D eigenvalue weighted by Gasteiger charge is 2.13. The van der Waals surface area contributed by atoms with Gasteiger partial charge in [0.1, 0.15) is 10.9 Å². The maximum Gasteiger partial charge on any atom is 0.190 e. The molecule has 3 rings (SSSR count). The lowest BCUT2D eigenvalue weighted by Crippen LogP contribution is -1.93. The quantitative estimate of drug-likeness (QED) is 0.665. The zero-order valence-corrected chi connectivity index (χ0v) is 13.5. The lowest BCUT2D eigenvalue weighted by molar-refractivity contribution is 0.415. The standard InChI is InChI=1S/C15H14ClN3OS/c1-8(2)12-7-21-15(18-12)14-17-11-6-9(20-3)4-5-10(11)13(16)19-14/h4-8H,1-3H3. The molecule has 0 atom stereocenters. The molecule has 0 aliphatic heterocycles. The zero-order valence-electron chi connectivity index (χ0n) is 11.9. The van der Waals surface area contributed by atoms with E-state index in [9.17, 15) is 0 Å². The molecule has 21 heavy (non-hydrogen) atoms. The number of nitrogens with zero attached hydrogens (tertiary/aromatic N) is 3. The number of rotatable bonds is 3. The van der Waals surface area contributed by atoms with E-state index < -0.39 is 0 Å². The Labute approximate surface area is 131 Å². The summed E-state index contributed by atoms with van der Waals surface area (Å²) in [5, 5.41) is 4.05. The first-order valence-electron chi connectivity index (χ1n) is 6.55. The third-order valence-corrected chi connectivity index (χ3v) is 4.31. The van der Waals surface area contributed by atoms with Gasteiger partial charge in [0, 0.05) is 16.8 Å². The van der Waals surface area contributed by atoms with Crippen molar-refractivity contribution in [3.63, 3.8) is 0 Å². The van der Waals surface area contributed by atoms with E-state index in [-0.39, 0.29) is 0 Å². The molecule has 0 fully saturated rings. The normalized spacial score (nSPS) is 11.3. The second kappa shape index (κ2) is 5.58. The Morgan fingerprint density at radius 3 is 2.67 bits per heavy atom. The van der Waals surface area contributed by atoms with Crippen LogP contribution < -0.4 is 4.74 Å². The van der Waals surface area contributed by atoms with Gasteiger partial charge in [-0.2, -0.15) is 0 Å². The molecule has 0 bridgehead atoms. The summed E-state index contributed by atoms with van der Waals surface area (Å²) in [6, 6.07) is 5.56. The zero-order chi connectivity index (χ0) is 15.0. The summed E-state index contributed by atoms with van der Waals surface area (Å²) >= 11 is 7.79. The summed E-state index contributed by atoms with van der Waals surface area (Å²) in [6.07, 6.45) is 0. The second-order valence-electron chi connectivity index (χ2n) is 4.95. The van der Waals surface area contributed by atoms with Gasteiger partial charge in [-0.1, -0.05) is 25.4 Å². The Bertz CT molecular complexity index is 801. The van der Waals surface area contributed by atoms with E-state index in [1.54, 1.807) is 7.11 Å². The molecule has 0 amide bonds. The van der Waals surface area contributed by atoms with E-state index in [0.717, 1.165) is 27.4 Å². The van der Waals surface area contributed by atoms with E-state index in [4.69, 9.17) is 16.3 Å². The van der Waals surface area contributed by atoms with Gasteiger partial charge in [0.15, 0.2) is 10.8 Å². The number of fused-ring (bicyclic) bond motifs is 1. The maximum atomic E-state index is 6.26. The van der Waals surface area contributed by atoms with E-state index in [1.807, 2.05) is 23.6 Å². The largest absolute Gasteiger partial charge is 0.497 e. The number of halogens is 1. The average molecular weight is 320 g/mol. The Morgan fingerprint density at radius 1 is 1.19 bits per heavy atom. The number of thiazole rings is 1. The fourth-order valence-corrected chi connectivity index (χ4v) is 3.10. The molecule has 0 unspecified atom stereocenters. The lowest BCUT2D eigenvalue weighted by atomic mass is 10.2. The Kier molecular flexibility index (Phi) is 3.78. The molecule has 0 saturated heterocycles. The monoisotopic (exact) mass is 319 g/mol. The van der Waals surface area contributed by atoms with Gasteiger partial charge in [-0.15, -0.1) is 11.3 Å². The minimum absolute atomic E-state index is 0.381. The molecular formula is C15H14ClN3OS. The van der Waals surface area contributed by atoms with E-state index in [2.05, 4.69) is 28.8 Å². The lowest BCUT2D eigenvalue weighted by Gasteiger charge is -2.05. The molecule has 0 saturated carbocycles. The van der Waals surface area contributed by atoms with Gasteiger partial charge in [0.25, 0.3) is 0 Å². The van der Waals surface area contributed by atoms with Gasteiger partial charge in [0.2, 0.25) is 0 Å². The highest BCUT2D eigenvalue weighted by atomic mass is 35.5. The van der Waals surface area contributed by atoms with Crippen LogP contribution in [0.25, 0.3) is 21.7 Å². The summed E-state index contributed by atoms with van der Waals surface area (Å²) in [5.74, 6) is 1.67. The summed E-state index contributed by atoms with van der Waals surface area (Å²) in [6.45, 7) is 4.22. The SMILES string of the molecule is COc1ccc2c(Cl)nc(-c3nc(C(C)C)cs3)nc2c1. The van der Waals surface area contributed by atoms with Crippen molar-refractivity contribution in [1.82, 2.24) is 15.0 Å². The molecule has 3 aromatic rings. The van der Waals surface area contributed by atoms with Crippen molar-refractivity contribution >= 4 is 33.8 Å². The van der Waals surface area contributed by atoms with Crippen LogP contribution in [0.1, 0.15) is 25.5 Å². The number of hydrogen-bond donors (Lipinski definition) is 0. The highest BCUT2D eigenvalue weighted by molar-refractivity contribution is 7.13. The van der Waals surface area contributed by atoms with Crippen LogP contribution in [0.3, 0.4) is 0 Å². The Morgan fingerprint density at radius 2 is 2.00 bits per heavy atom. The van der Waals surface area contributed by atoms with E-state index >= 15 is 0 Å². The summed E-state index contributed by atoms with van der Waals surface area (Å²) in [7, 11) is 1.63. The minimum atomic E-state index is 0.381. The van der Waals surface area contributed by atoms with E-state index in [0.29, 0.717) is 16.9 Å². The van der Waals surface area contributed by atoms with Crippen molar-refractivity contribution in [2.75, 3.05) is 7.11 Å². The van der Waals surface area contributed by atoms with Crippen molar-refractivity contribution in [3.05, 3.63) is 34.4 Å². The fraction of sp³-hybridized carbons (Fsp3) is 0.267. The molecule has 6 heteroatoms. The molecule has 1 aromatic carbocycles. The third-order valence-electron chi connectivity index (χ3n) is 3.16. The van der Waals surface area contributed by atoms with Gasteiger partial charge in [-0.05, 0) is 18.1 Å². The smallest absolute Gasteiger partial charge is 0.190 e. The Hall–Kier alpha value is -1.72. The van der Waals surface area contributed by atoms with E-state index in [1.165, 1.54) is 11.3 Å². The number of hydrogen-bond acceptors (Lipinski definition) is 5. The van der Waals surface area contributed by atoms with Crippen LogP contribution in [-0.4, -0.2) is 22.1 Å². The second-order valence-corrected chi connectivity index (χ2v) is 6.17. The maximum absolute atomic E-state index is 6.26. The molecule has 0 aliphatic carbocycles. The van der Waals surface area contributed by atoms with Crippen LogP contribution in [0.2, 0.25) is 5.15 Å². The van der Waals surface area contributed by atoms with Gasteiger partial charge < -0.3 is 4.74 Å². The molecule has 0 radical (unpaired) electrons. The molecule has 4 nitrogen and oxygen atoms in total. The van der Waals surface area contributed by atoms with Crippen LogP contribution in [0.4, 0.5) is 0 Å². The van der Waals surface area contributed by atoms with Crippen molar-refractivity contribution in [1.29, 1.82) is 0 Å². The highest BCUT2D eigenvalue weighted by Crippen LogP contribution is 2.30. The van der Waals surface area contributed by atoms with Gasteiger partial charge >= 0.3 is 0 Å². The summed E-state index contributed by atoms with van der Waals surface area (Å²) in [4.78, 5) is 13.5. The molecule has 2 aromatic heterocycles. The fourth-order valence-electron chi connectivity index (χ4n) is 1.95. The van der Waals surface area contributed by atoms with Crippen molar-refractivity contribution < 1.29 is 4.74 Å². The number of aromatic nitrogens is 3. The number of ether oxygens (including phenoxy) is 1. The molecule has 2 heterocycles. The average Bonchev–Trinajstić information content (AvgIpc) is 2.96. The van der Waals surface area contributed by atoms with Gasteiger partial charge in [0.05, 0.1) is 18.3 Å². The summed E-state index contributed by atoms with van der Waals surface area (Å²) in [5.41, 5.74) is 1.80. The number of benzene rings is 1. The van der Waals surface area contributed by atoms with Crippen molar-refractivity contribution in [2.24, 2.45) is 0 Å². The molecular weight excluding hydrogens is 306 g/mol. The predicted octanol–water partition coefficient (Wildman–Crippen LogP) is 4.54. The topological polar surface area (TPSA) is 47.9 Å². The van der Waals surface area contributed by atoms with Gasteiger partial charge in [-0.25, -0.2) is 15.0 Å². The summed E-state index contributed by atoms with van der Waals surface area (Å²) < 4.78 is 5.23. The van der Waals surface area contributed by atoms with Crippen LogP contribution in [-0.2, 0) is 0 Å². The first-order valence-corrected chi connectivity index (χ1v) is 7.81. The van der Waals surface area contributed by atoms with Crippen LogP contribution in [0, 0.1) is 0 Å². The molecule has 0 spiro atoms. The minimum Gasteiger partial charge on any atom is -0.497 e. The van der Waals surface area contributed by atoms with Crippen molar-refractivity contribution in [2.45, 2.75) is 19.8 Å². The third kappa shape index (κ3) is 2.71. The first kappa shape index (κ1) is 14.2. The molecule has 108 valence electrons. The van der Waals surface area contributed by atoms with Crippen molar-refractivity contribution in [3.8, 4) is 16.6 Å². The van der Waals surface area contributed by atoms with Gasteiger partial charge in [-0.3, -0.25) is 0 Å². The first-order chi connectivity index (χ1) is 10.1. The predicted molar refractivity (Wildman–Crippen MR) is 86.3 cm³/mol. The Balaban J connectivity index is 2.13. The molecule has 0 N–H and O–H groups in total.